The zero-order valence-electron chi connectivity index (χ0n) is 16.9. The highest BCUT2D eigenvalue weighted by atomic mass is 16.2. The van der Waals surface area contributed by atoms with Gasteiger partial charge in [0.05, 0.1) is 0 Å². The lowest BCUT2D eigenvalue weighted by atomic mass is 9.95. The number of piperidine rings is 1. The Morgan fingerprint density at radius 3 is 2.21 bits per heavy atom. The van der Waals surface area contributed by atoms with Crippen molar-refractivity contribution < 1.29 is 9.59 Å². The summed E-state index contributed by atoms with van der Waals surface area (Å²) in [5.74, 6) is 0.0113. The van der Waals surface area contributed by atoms with Crippen LogP contribution in [0.15, 0.2) is 48.5 Å². The maximum atomic E-state index is 12.7. The Bertz CT molecular complexity index is 856. The van der Waals surface area contributed by atoms with Crippen molar-refractivity contribution in [1.82, 2.24) is 4.90 Å². The number of benzene rings is 2. The summed E-state index contributed by atoms with van der Waals surface area (Å²) >= 11 is 0. The van der Waals surface area contributed by atoms with Gasteiger partial charge in [-0.25, -0.2) is 0 Å². The summed E-state index contributed by atoms with van der Waals surface area (Å²) in [5.41, 5.74) is 5.30. The third kappa shape index (κ3) is 4.89. The summed E-state index contributed by atoms with van der Waals surface area (Å²) in [5, 5.41) is 3.11. The van der Waals surface area contributed by atoms with Crippen LogP contribution in [0.1, 0.15) is 35.1 Å². The molecule has 28 heavy (non-hydrogen) atoms. The molecule has 1 aliphatic heterocycles. The van der Waals surface area contributed by atoms with Crippen molar-refractivity contribution in [2.75, 3.05) is 18.4 Å². The fraction of sp³-hybridized carbons (Fsp3) is 0.333. The number of aryl methyl sites for hydroxylation is 3. The van der Waals surface area contributed by atoms with Gasteiger partial charge in [0.2, 0.25) is 11.8 Å². The van der Waals surface area contributed by atoms with E-state index < -0.39 is 0 Å². The molecule has 1 fully saturated rings. The van der Waals surface area contributed by atoms with Gasteiger partial charge in [-0.3, -0.25) is 9.59 Å². The quantitative estimate of drug-likeness (QED) is 0.799. The highest BCUT2D eigenvalue weighted by Gasteiger charge is 2.27. The van der Waals surface area contributed by atoms with Gasteiger partial charge in [-0.05, 0) is 56.4 Å². The average molecular weight is 377 g/mol. The molecular formula is C24H28N2O2. The number of anilines is 1. The highest BCUT2D eigenvalue weighted by molar-refractivity contribution is 5.95. The molecule has 0 aliphatic carbocycles. The van der Waals surface area contributed by atoms with Gasteiger partial charge in [-0.2, -0.15) is 0 Å². The van der Waals surface area contributed by atoms with Crippen LogP contribution in [0.3, 0.4) is 0 Å². The van der Waals surface area contributed by atoms with E-state index in [1.165, 1.54) is 5.56 Å². The van der Waals surface area contributed by atoms with Gasteiger partial charge in [0.1, 0.15) is 0 Å². The fourth-order valence-electron chi connectivity index (χ4n) is 3.80. The van der Waals surface area contributed by atoms with Crippen molar-refractivity contribution in [2.24, 2.45) is 5.92 Å². The molecule has 2 amide bonds. The lowest BCUT2D eigenvalue weighted by Crippen LogP contribution is -2.40. The predicted molar refractivity (Wildman–Crippen MR) is 114 cm³/mol. The Kier molecular flexibility index (Phi) is 6.30. The van der Waals surface area contributed by atoms with Gasteiger partial charge in [-0.15, -0.1) is 0 Å². The molecule has 2 aromatic rings. The first-order chi connectivity index (χ1) is 13.4. The molecule has 4 heteroatoms. The summed E-state index contributed by atoms with van der Waals surface area (Å²) < 4.78 is 0. The number of carbonyl (C=O) groups is 2. The summed E-state index contributed by atoms with van der Waals surface area (Å²) in [7, 11) is 0. The Balaban J connectivity index is 1.54. The maximum absolute atomic E-state index is 12.7. The number of carbonyl (C=O) groups excluding carboxylic acids is 2. The van der Waals surface area contributed by atoms with Crippen molar-refractivity contribution >= 4 is 23.6 Å². The van der Waals surface area contributed by atoms with Crippen LogP contribution in [0, 0.1) is 26.7 Å². The van der Waals surface area contributed by atoms with Gasteiger partial charge in [-0.1, -0.05) is 48.0 Å². The molecule has 2 aromatic carbocycles. The second kappa shape index (κ2) is 8.87. The van der Waals surface area contributed by atoms with Crippen LogP contribution >= 0.6 is 0 Å². The van der Waals surface area contributed by atoms with Crippen LogP contribution in [0.25, 0.3) is 6.08 Å². The summed E-state index contributed by atoms with van der Waals surface area (Å²) in [6.45, 7) is 7.33. The smallest absolute Gasteiger partial charge is 0.246 e. The van der Waals surface area contributed by atoms with E-state index in [-0.39, 0.29) is 17.7 Å². The van der Waals surface area contributed by atoms with Crippen LogP contribution < -0.4 is 5.32 Å². The van der Waals surface area contributed by atoms with Crippen molar-refractivity contribution in [3.63, 3.8) is 0 Å². The molecule has 0 aromatic heterocycles. The minimum absolute atomic E-state index is 0.00735. The minimum Gasteiger partial charge on any atom is -0.339 e. The zero-order chi connectivity index (χ0) is 20.1. The molecule has 0 saturated carbocycles. The van der Waals surface area contributed by atoms with Crippen molar-refractivity contribution in [3.05, 3.63) is 70.8 Å². The van der Waals surface area contributed by atoms with Crippen molar-refractivity contribution in [2.45, 2.75) is 33.6 Å². The van der Waals surface area contributed by atoms with Crippen LogP contribution in [0.5, 0.6) is 0 Å². The Morgan fingerprint density at radius 1 is 1.00 bits per heavy atom. The number of rotatable bonds is 4. The predicted octanol–water partition coefficient (Wildman–Crippen LogP) is 4.50. The van der Waals surface area contributed by atoms with E-state index in [0.29, 0.717) is 25.9 Å². The third-order valence-corrected chi connectivity index (χ3v) is 5.32. The summed E-state index contributed by atoms with van der Waals surface area (Å²) in [6.07, 6.45) is 4.85. The standard InChI is InChI=1S/C24H28N2O2/c1-17-15-18(2)23(19(3)16-17)25-24(28)21-11-13-26(14-12-21)22(27)10-9-20-7-5-4-6-8-20/h4-10,15-16,21H,11-14H2,1-3H3,(H,25,28). The van der Waals surface area contributed by atoms with E-state index in [9.17, 15) is 9.59 Å². The largest absolute Gasteiger partial charge is 0.339 e. The molecule has 0 atom stereocenters. The van der Waals surface area contributed by atoms with E-state index in [4.69, 9.17) is 0 Å². The van der Waals surface area contributed by atoms with Crippen LogP contribution in [-0.2, 0) is 9.59 Å². The Morgan fingerprint density at radius 2 is 1.61 bits per heavy atom. The molecule has 0 radical (unpaired) electrons. The molecule has 1 saturated heterocycles. The van der Waals surface area contributed by atoms with E-state index in [1.54, 1.807) is 6.08 Å². The van der Waals surface area contributed by atoms with E-state index >= 15 is 0 Å². The number of hydrogen-bond acceptors (Lipinski definition) is 2. The number of nitrogens with zero attached hydrogens (tertiary/aromatic N) is 1. The highest BCUT2D eigenvalue weighted by Crippen LogP contribution is 2.25. The van der Waals surface area contributed by atoms with Gasteiger partial charge in [0.15, 0.2) is 0 Å². The second-order valence-corrected chi connectivity index (χ2v) is 7.61. The van der Waals surface area contributed by atoms with Crippen LogP contribution in [-0.4, -0.2) is 29.8 Å². The Hall–Kier alpha value is -2.88. The first kappa shape index (κ1) is 19.9. The van der Waals surface area contributed by atoms with E-state index in [0.717, 1.165) is 22.4 Å². The minimum atomic E-state index is -0.0535. The molecule has 0 spiro atoms. The first-order valence-corrected chi connectivity index (χ1v) is 9.85. The first-order valence-electron chi connectivity index (χ1n) is 9.85. The topological polar surface area (TPSA) is 49.4 Å². The summed E-state index contributed by atoms with van der Waals surface area (Å²) in [6, 6.07) is 14.0. The second-order valence-electron chi connectivity index (χ2n) is 7.61. The van der Waals surface area contributed by atoms with Gasteiger partial charge >= 0.3 is 0 Å². The Labute approximate surface area is 167 Å². The molecular weight excluding hydrogens is 348 g/mol. The van der Waals surface area contributed by atoms with Gasteiger partial charge < -0.3 is 10.2 Å². The van der Waals surface area contributed by atoms with E-state index in [2.05, 4.69) is 24.4 Å². The summed E-state index contributed by atoms with van der Waals surface area (Å²) in [4.78, 5) is 26.9. The molecule has 1 heterocycles. The SMILES string of the molecule is Cc1cc(C)c(NC(=O)C2CCN(C(=O)C=Cc3ccccc3)CC2)c(C)c1. The lowest BCUT2D eigenvalue weighted by Gasteiger charge is -2.31. The fourth-order valence-corrected chi connectivity index (χ4v) is 3.80. The van der Waals surface area contributed by atoms with Crippen molar-refractivity contribution in [1.29, 1.82) is 0 Å². The molecule has 4 nitrogen and oxygen atoms in total. The maximum Gasteiger partial charge on any atom is 0.246 e. The molecule has 146 valence electrons. The van der Waals surface area contributed by atoms with E-state index in [1.807, 2.05) is 55.2 Å². The molecule has 1 N–H and O–H groups in total. The number of amides is 2. The van der Waals surface area contributed by atoms with Gasteiger partial charge in [0, 0.05) is 30.8 Å². The monoisotopic (exact) mass is 376 g/mol. The molecule has 0 unspecified atom stereocenters. The molecule has 1 aliphatic rings. The lowest BCUT2D eigenvalue weighted by molar-refractivity contribution is -0.130. The van der Waals surface area contributed by atoms with Crippen LogP contribution in [0.2, 0.25) is 0 Å². The average Bonchev–Trinajstić information content (AvgIpc) is 2.69. The van der Waals surface area contributed by atoms with Gasteiger partial charge in [0.25, 0.3) is 0 Å². The molecule has 0 bridgehead atoms. The normalized spacial score (nSPS) is 15.0. The van der Waals surface area contributed by atoms with Crippen LogP contribution in [0.4, 0.5) is 5.69 Å². The number of hydrogen-bond donors (Lipinski definition) is 1. The number of likely N-dealkylation sites (tertiary alicyclic amines) is 1. The molecule has 3 rings (SSSR count). The zero-order valence-corrected chi connectivity index (χ0v) is 16.9. The third-order valence-electron chi connectivity index (χ3n) is 5.32. The van der Waals surface area contributed by atoms with Crippen molar-refractivity contribution in [3.8, 4) is 0 Å². The number of nitrogens with one attached hydrogen (secondary N) is 1.